The minimum absolute atomic E-state index is 0.426. The average Bonchev–Trinajstić information content (AvgIpc) is 3.23. The van der Waals surface area contributed by atoms with Gasteiger partial charge in [0.05, 0.1) is 16.3 Å². The van der Waals surface area contributed by atoms with Crippen LogP contribution in [-0.2, 0) is 4.84 Å². The molecule has 3 heterocycles. The number of thiophene rings is 1. The minimum atomic E-state index is 0.426. The van der Waals surface area contributed by atoms with Crippen molar-refractivity contribution in [3.05, 3.63) is 64.1 Å². The molecule has 5 heteroatoms. The van der Waals surface area contributed by atoms with E-state index in [1.165, 1.54) is 22.4 Å². The molecule has 0 atom stereocenters. The Bertz CT molecular complexity index is 874. The van der Waals surface area contributed by atoms with Crippen LogP contribution in [0.1, 0.15) is 16.1 Å². The molecule has 0 bridgehead atoms. The smallest absolute Gasteiger partial charge is 0.146 e. The first-order chi connectivity index (χ1) is 11.3. The van der Waals surface area contributed by atoms with Gasteiger partial charge < -0.3 is 15.1 Å². The minimum Gasteiger partial charge on any atom is -0.394 e. The van der Waals surface area contributed by atoms with Crippen molar-refractivity contribution in [2.24, 2.45) is 10.9 Å². The molecule has 4 rings (SSSR count). The van der Waals surface area contributed by atoms with E-state index in [1.54, 1.807) is 11.3 Å². The number of hydrogen-bond acceptors (Lipinski definition) is 4. The lowest BCUT2D eigenvalue weighted by molar-refractivity contribution is 0.152. The molecule has 116 valence electrons. The summed E-state index contributed by atoms with van der Waals surface area (Å²) in [6.45, 7) is 2.99. The Kier molecular flexibility index (Phi) is 3.52. The van der Waals surface area contributed by atoms with E-state index < -0.39 is 0 Å². The summed E-state index contributed by atoms with van der Waals surface area (Å²) in [5.74, 6) is 0. The topological polar surface area (TPSA) is 52.5 Å². The van der Waals surface area contributed by atoms with Gasteiger partial charge in [-0.1, -0.05) is 35.0 Å². The lowest BCUT2D eigenvalue weighted by Gasteiger charge is -2.05. The molecular weight excluding hydrogens is 306 g/mol. The maximum Gasteiger partial charge on any atom is 0.146 e. The molecule has 1 aromatic carbocycles. The zero-order chi connectivity index (χ0) is 15.8. The van der Waals surface area contributed by atoms with Crippen molar-refractivity contribution in [1.82, 2.24) is 4.57 Å². The molecular formula is C18H17N3OS. The van der Waals surface area contributed by atoms with Gasteiger partial charge in [0.25, 0.3) is 0 Å². The van der Waals surface area contributed by atoms with Gasteiger partial charge in [-0.2, -0.15) is 0 Å². The molecule has 0 radical (unpaired) electrons. The van der Waals surface area contributed by atoms with Crippen LogP contribution in [0.3, 0.4) is 0 Å². The molecule has 3 aromatic rings. The van der Waals surface area contributed by atoms with Gasteiger partial charge in [0.2, 0.25) is 0 Å². The average molecular weight is 323 g/mol. The van der Waals surface area contributed by atoms with Crippen molar-refractivity contribution in [2.45, 2.75) is 6.92 Å². The molecule has 4 nitrogen and oxygen atoms in total. The molecule has 2 aromatic heterocycles. The molecule has 23 heavy (non-hydrogen) atoms. The van der Waals surface area contributed by atoms with Crippen LogP contribution in [0.4, 0.5) is 0 Å². The maximum atomic E-state index is 5.48. The maximum absolute atomic E-state index is 5.48. The van der Waals surface area contributed by atoms with E-state index >= 15 is 0 Å². The fourth-order valence-electron chi connectivity index (χ4n) is 2.83. The highest BCUT2D eigenvalue weighted by molar-refractivity contribution is 7.13. The summed E-state index contributed by atoms with van der Waals surface area (Å²) in [6, 6.07) is 12.7. The van der Waals surface area contributed by atoms with Gasteiger partial charge in [-0.25, -0.2) is 0 Å². The summed E-state index contributed by atoms with van der Waals surface area (Å²) in [7, 11) is 0. The van der Waals surface area contributed by atoms with Crippen LogP contribution >= 0.6 is 11.3 Å². The van der Waals surface area contributed by atoms with Gasteiger partial charge in [0.1, 0.15) is 12.3 Å². The molecule has 1 aliphatic rings. The number of nitrogens with zero attached hydrogens (tertiary/aromatic N) is 2. The predicted molar refractivity (Wildman–Crippen MR) is 94.5 cm³/mol. The number of fused-ring (bicyclic) bond motifs is 3. The second kappa shape index (κ2) is 5.68. The Hall–Kier alpha value is -2.37. The second-order valence-electron chi connectivity index (χ2n) is 5.52. The van der Waals surface area contributed by atoms with E-state index in [0.29, 0.717) is 13.2 Å². The Morgan fingerprint density at radius 1 is 1.22 bits per heavy atom. The quantitative estimate of drug-likeness (QED) is 0.461. The van der Waals surface area contributed by atoms with Crippen molar-refractivity contribution in [2.75, 3.05) is 13.2 Å². The van der Waals surface area contributed by atoms with Crippen LogP contribution in [0.5, 0.6) is 0 Å². The highest BCUT2D eigenvalue weighted by atomic mass is 32.1. The molecule has 0 amide bonds. The standard InChI is InChI=1S/C18H17N3OS/c1-12-4-6-13(7-5-12)14-11-23-18-16(20-22-10-8-19)15-3-2-9-21(15)17(14)18/h2-7,9,11H,8,10,19H2,1H3/b20-16-. The van der Waals surface area contributed by atoms with Gasteiger partial charge in [0, 0.05) is 23.7 Å². The molecule has 1 aliphatic heterocycles. The second-order valence-corrected chi connectivity index (χ2v) is 6.40. The largest absolute Gasteiger partial charge is 0.394 e. The van der Waals surface area contributed by atoms with Crippen LogP contribution in [0, 0.1) is 6.92 Å². The van der Waals surface area contributed by atoms with Crippen LogP contribution in [-0.4, -0.2) is 23.4 Å². The molecule has 0 aliphatic carbocycles. The third-order valence-corrected chi connectivity index (χ3v) is 4.92. The normalized spacial score (nSPS) is 14.1. The summed E-state index contributed by atoms with van der Waals surface area (Å²) in [4.78, 5) is 6.48. The lowest BCUT2D eigenvalue weighted by Crippen LogP contribution is -2.07. The number of benzene rings is 1. The summed E-state index contributed by atoms with van der Waals surface area (Å²) in [5, 5.41) is 6.51. The van der Waals surface area contributed by atoms with Crippen molar-refractivity contribution < 1.29 is 4.84 Å². The van der Waals surface area contributed by atoms with Gasteiger partial charge in [-0.3, -0.25) is 0 Å². The number of oxime groups is 1. The number of rotatable bonds is 4. The SMILES string of the molecule is Cc1ccc(-c2csc3c2-n2cccc2/C3=N/OCCN)cc1. The Morgan fingerprint density at radius 3 is 2.83 bits per heavy atom. The van der Waals surface area contributed by atoms with Crippen LogP contribution in [0.15, 0.2) is 53.1 Å². The summed E-state index contributed by atoms with van der Waals surface area (Å²) in [5.41, 5.74) is 12.3. The van der Waals surface area contributed by atoms with E-state index in [2.05, 4.69) is 58.6 Å². The first-order valence-electron chi connectivity index (χ1n) is 7.56. The molecule has 0 fully saturated rings. The van der Waals surface area contributed by atoms with Gasteiger partial charge in [-0.15, -0.1) is 11.3 Å². The van der Waals surface area contributed by atoms with Crippen LogP contribution in [0.25, 0.3) is 16.8 Å². The van der Waals surface area contributed by atoms with Crippen molar-refractivity contribution in [3.63, 3.8) is 0 Å². The Balaban J connectivity index is 1.84. The summed E-state index contributed by atoms with van der Waals surface area (Å²) >= 11 is 1.70. The first kappa shape index (κ1) is 14.2. The zero-order valence-electron chi connectivity index (χ0n) is 12.8. The molecule has 2 N–H and O–H groups in total. The highest BCUT2D eigenvalue weighted by Crippen LogP contribution is 2.41. The fourth-order valence-corrected chi connectivity index (χ4v) is 3.89. The van der Waals surface area contributed by atoms with Gasteiger partial charge in [-0.05, 0) is 24.6 Å². The van der Waals surface area contributed by atoms with Gasteiger partial charge >= 0.3 is 0 Å². The first-order valence-corrected chi connectivity index (χ1v) is 8.44. The third kappa shape index (κ3) is 2.29. The van der Waals surface area contributed by atoms with Crippen molar-refractivity contribution in [1.29, 1.82) is 0 Å². The zero-order valence-corrected chi connectivity index (χ0v) is 13.6. The summed E-state index contributed by atoms with van der Waals surface area (Å²) in [6.07, 6.45) is 2.07. The van der Waals surface area contributed by atoms with Crippen LogP contribution in [0.2, 0.25) is 0 Å². The third-order valence-electron chi connectivity index (χ3n) is 3.94. The molecule has 0 spiro atoms. The molecule has 0 saturated heterocycles. The molecule has 0 unspecified atom stereocenters. The fraction of sp³-hybridized carbons (Fsp3) is 0.167. The predicted octanol–water partition coefficient (Wildman–Crippen LogP) is 3.56. The number of aromatic nitrogens is 1. The molecule has 0 saturated carbocycles. The van der Waals surface area contributed by atoms with E-state index in [4.69, 9.17) is 10.6 Å². The lowest BCUT2D eigenvalue weighted by atomic mass is 10.1. The van der Waals surface area contributed by atoms with E-state index in [1.807, 2.05) is 6.07 Å². The van der Waals surface area contributed by atoms with Crippen molar-refractivity contribution in [3.8, 4) is 16.8 Å². The number of nitrogens with two attached hydrogens (primary N) is 1. The van der Waals surface area contributed by atoms with E-state index in [0.717, 1.165) is 16.3 Å². The van der Waals surface area contributed by atoms with E-state index in [-0.39, 0.29) is 0 Å². The van der Waals surface area contributed by atoms with Crippen molar-refractivity contribution >= 4 is 17.0 Å². The van der Waals surface area contributed by atoms with Gasteiger partial charge in [0.15, 0.2) is 0 Å². The summed E-state index contributed by atoms with van der Waals surface area (Å²) < 4.78 is 2.19. The monoisotopic (exact) mass is 323 g/mol. The Labute approximate surface area is 138 Å². The van der Waals surface area contributed by atoms with E-state index in [9.17, 15) is 0 Å². The Morgan fingerprint density at radius 2 is 2.04 bits per heavy atom. The number of hydrogen-bond donors (Lipinski definition) is 1. The number of aryl methyl sites for hydroxylation is 1. The highest BCUT2D eigenvalue weighted by Gasteiger charge is 2.30. The van der Waals surface area contributed by atoms with Crippen LogP contribution < -0.4 is 5.73 Å².